The van der Waals surface area contributed by atoms with Gasteiger partial charge in [-0.3, -0.25) is 9.78 Å². The normalized spacial score (nSPS) is 24.4. The fourth-order valence-electron chi connectivity index (χ4n) is 2.89. The van der Waals surface area contributed by atoms with Crippen LogP contribution in [0.25, 0.3) is 10.9 Å². The van der Waals surface area contributed by atoms with Gasteiger partial charge in [0, 0.05) is 24.2 Å². The highest BCUT2D eigenvalue weighted by Crippen LogP contribution is 2.24. The van der Waals surface area contributed by atoms with Crippen LogP contribution in [-0.2, 0) is 9.84 Å². The van der Waals surface area contributed by atoms with E-state index in [4.69, 9.17) is 0 Å². The Bertz CT molecular complexity index is 827. The van der Waals surface area contributed by atoms with Crippen molar-refractivity contribution in [3.05, 3.63) is 42.1 Å². The molecule has 2 atom stereocenters. The molecule has 0 aliphatic carbocycles. The number of sulfone groups is 1. The lowest BCUT2D eigenvalue weighted by Crippen LogP contribution is -2.54. The third kappa shape index (κ3) is 2.37. The fourth-order valence-corrected chi connectivity index (χ4v) is 4.46. The molecule has 1 aliphatic heterocycles. The van der Waals surface area contributed by atoms with E-state index in [-0.39, 0.29) is 24.2 Å². The van der Waals surface area contributed by atoms with Gasteiger partial charge in [-0.15, -0.1) is 0 Å². The summed E-state index contributed by atoms with van der Waals surface area (Å²) >= 11 is 0. The first-order valence-electron chi connectivity index (χ1n) is 7.28. The predicted molar refractivity (Wildman–Crippen MR) is 85.5 cm³/mol. The van der Waals surface area contributed by atoms with Gasteiger partial charge in [0.1, 0.15) is 0 Å². The molecule has 22 heavy (non-hydrogen) atoms. The lowest BCUT2D eigenvalue weighted by molar-refractivity contribution is 0.0695. The standard InChI is InChI=1S/C16H18N2O3S/c1-11-12(2)22(20,21)10-9-18(11)16(19)14-7-8-17-15-6-4-3-5-13(14)15/h3-8,11-12H,9-10H2,1-2H3/t11-,12+/m0/s1. The van der Waals surface area contributed by atoms with Crippen molar-refractivity contribution >= 4 is 26.6 Å². The topological polar surface area (TPSA) is 67.3 Å². The minimum atomic E-state index is -3.11. The van der Waals surface area contributed by atoms with Crippen molar-refractivity contribution < 1.29 is 13.2 Å². The molecule has 0 radical (unpaired) electrons. The van der Waals surface area contributed by atoms with E-state index in [9.17, 15) is 13.2 Å². The number of carbonyl (C=O) groups excluding carboxylic acids is 1. The number of benzene rings is 1. The summed E-state index contributed by atoms with van der Waals surface area (Å²) in [6, 6.07) is 8.84. The molecule has 0 N–H and O–H groups in total. The molecular formula is C16H18N2O3S. The van der Waals surface area contributed by atoms with Gasteiger partial charge in [-0.05, 0) is 26.0 Å². The molecule has 0 spiro atoms. The Balaban J connectivity index is 2.00. The highest BCUT2D eigenvalue weighted by molar-refractivity contribution is 7.92. The molecule has 0 saturated carbocycles. The van der Waals surface area contributed by atoms with E-state index in [2.05, 4.69) is 4.98 Å². The molecule has 0 unspecified atom stereocenters. The summed E-state index contributed by atoms with van der Waals surface area (Å²) in [5, 5.41) is 0.251. The van der Waals surface area contributed by atoms with Crippen LogP contribution >= 0.6 is 0 Å². The van der Waals surface area contributed by atoms with Crippen LogP contribution in [-0.4, -0.2) is 47.8 Å². The van der Waals surface area contributed by atoms with Crippen LogP contribution in [0.2, 0.25) is 0 Å². The van der Waals surface area contributed by atoms with E-state index in [0.29, 0.717) is 5.56 Å². The molecule has 6 heteroatoms. The minimum absolute atomic E-state index is 0.0211. The number of carbonyl (C=O) groups is 1. The van der Waals surface area contributed by atoms with Gasteiger partial charge < -0.3 is 4.90 Å². The zero-order valence-corrected chi connectivity index (χ0v) is 13.4. The summed E-state index contributed by atoms with van der Waals surface area (Å²) in [6.07, 6.45) is 1.62. The van der Waals surface area contributed by atoms with Crippen molar-refractivity contribution in [1.82, 2.24) is 9.88 Å². The number of hydrogen-bond acceptors (Lipinski definition) is 4. The molecule has 116 valence electrons. The number of para-hydroxylation sites is 1. The van der Waals surface area contributed by atoms with Gasteiger partial charge in [-0.2, -0.15) is 0 Å². The maximum absolute atomic E-state index is 12.9. The van der Waals surface area contributed by atoms with Crippen LogP contribution in [0.5, 0.6) is 0 Å². The third-order valence-corrected chi connectivity index (χ3v) is 6.77. The molecule has 3 rings (SSSR count). The zero-order chi connectivity index (χ0) is 15.9. The largest absolute Gasteiger partial charge is 0.334 e. The molecular weight excluding hydrogens is 300 g/mol. The summed E-state index contributed by atoms with van der Waals surface area (Å²) in [7, 11) is -3.11. The zero-order valence-electron chi connectivity index (χ0n) is 12.6. The monoisotopic (exact) mass is 318 g/mol. The Morgan fingerprint density at radius 3 is 2.73 bits per heavy atom. The molecule has 1 aromatic heterocycles. The van der Waals surface area contributed by atoms with Crippen LogP contribution in [0.1, 0.15) is 24.2 Å². The molecule has 1 amide bonds. The highest BCUT2D eigenvalue weighted by Gasteiger charge is 2.38. The molecule has 2 heterocycles. The lowest BCUT2D eigenvalue weighted by atomic mass is 10.1. The fraction of sp³-hybridized carbons (Fsp3) is 0.375. The maximum Gasteiger partial charge on any atom is 0.254 e. The second-order valence-electron chi connectivity index (χ2n) is 5.69. The second kappa shape index (κ2) is 5.35. The Morgan fingerprint density at radius 1 is 1.23 bits per heavy atom. The van der Waals surface area contributed by atoms with Crippen molar-refractivity contribution in [1.29, 1.82) is 0 Å². The second-order valence-corrected chi connectivity index (χ2v) is 8.16. The van der Waals surface area contributed by atoms with Crippen LogP contribution in [0.3, 0.4) is 0 Å². The van der Waals surface area contributed by atoms with Crippen LogP contribution < -0.4 is 0 Å². The van der Waals surface area contributed by atoms with Gasteiger partial charge in [0.2, 0.25) is 0 Å². The summed E-state index contributed by atoms with van der Waals surface area (Å²) < 4.78 is 23.9. The average molecular weight is 318 g/mol. The SMILES string of the molecule is C[C@@H]1[C@H](C)N(C(=O)c2ccnc3ccccc23)CCS1(=O)=O. The average Bonchev–Trinajstić information content (AvgIpc) is 2.52. The Kier molecular flexibility index (Phi) is 3.64. The van der Waals surface area contributed by atoms with Gasteiger partial charge in [0.25, 0.3) is 5.91 Å². The third-order valence-electron chi connectivity index (χ3n) is 4.49. The number of pyridine rings is 1. The molecule has 0 bridgehead atoms. The van der Waals surface area contributed by atoms with Crippen molar-refractivity contribution in [2.75, 3.05) is 12.3 Å². The van der Waals surface area contributed by atoms with Crippen molar-refractivity contribution in [3.63, 3.8) is 0 Å². The highest BCUT2D eigenvalue weighted by atomic mass is 32.2. The van der Waals surface area contributed by atoms with E-state index in [1.54, 1.807) is 31.0 Å². The van der Waals surface area contributed by atoms with Gasteiger partial charge in [-0.25, -0.2) is 8.42 Å². The summed E-state index contributed by atoms with van der Waals surface area (Å²) in [5.41, 5.74) is 1.34. The van der Waals surface area contributed by atoms with E-state index in [0.717, 1.165) is 10.9 Å². The van der Waals surface area contributed by atoms with Crippen molar-refractivity contribution in [2.24, 2.45) is 0 Å². The van der Waals surface area contributed by atoms with Crippen LogP contribution in [0.4, 0.5) is 0 Å². The first kappa shape index (κ1) is 15.0. The first-order valence-corrected chi connectivity index (χ1v) is 8.99. The van der Waals surface area contributed by atoms with Gasteiger partial charge >= 0.3 is 0 Å². The smallest absolute Gasteiger partial charge is 0.254 e. The first-order chi connectivity index (χ1) is 10.4. The van der Waals surface area contributed by atoms with Gasteiger partial charge in [0.05, 0.1) is 22.1 Å². The number of hydrogen-bond donors (Lipinski definition) is 0. The van der Waals surface area contributed by atoms with Crippen LogP contribution in [0, 0.1) is 0 Å². The lowest BCUT2D eigenvalue weighted by Gasteiger charge is -2.37. The summed E-state index contributed by atoms with van der Waals surface area (Å²) in [5.74, 6) is -0.111. The van der Waals surface area contributed by atoms with E-state index in [1.165, 1.54) is 0 Å². The Labute approximate surface area is 129 Å². The molecule has 1 saturated heterocycles. The van der Waals surface area contributed by atoms with Crippen LogP contribution in [0.15, 0.2) is 36.5 Å². The maximum atomic E-state index is 12.9. The summed E-state index contributed by atoms with van der Waals surface area (Å²) in [6.45, 7) is 3.70. The minimum Gasteiger partial charge on any atom is -0.334 e. The van der Waals surface area contributed by atoms with Crippen molar-refractivity contribution in [2.45, 2.75) is 25.1 Å². The number of aromatic nitrogens is 1. The summed E-state index contributed by atoms with van der Waals surface area (Å²) in [4.78, 5) is 18.8. The molecule has 1 aliphatic rings. The van der Waals surface area contributed by atoms with Crippen molar-refractivity contribution in [3.8, 4) is 0 Å². The van der Waals surface area contributed by atoms with E-state index < -0.39 is 15.1 Å². The van der Waals surface area contributed by atoms with E-state index in [1.807, 2.05) is 24.3 Å². The number of fused-ring (bicyclic) bond motifs is 1. The van der Waals surface area contributed by atoms with Gasteiger partial charge in [-0.1, -0.05) is 18.2 Å². The van der Waals surface area contributed by atoms with Gasteiger partial charge in [0.15, 0.2) is 9.84 Å². The molecule has 1 aromatic carbocycles. The Morgan fingerprint density at radius 2 is 1.95 bits per heavy atom. The molecule has 1 fully saturated rings. The molecule has 2 aromatic rings. The number of nitrogens with zero attached hydrogens (tertiary/aromatic N) is 2. The molecule has 5 nitrogen and oxygen atoms in total. The van der Waals surface area contributed by atoms with E-state index >= 15 is 0 Å². The Hall–Kier alpha value is -1.95. The quantitative estimate of drug-likeness (QED) is 0.805. The number of amides is 1. The number of rotatable bonds is 1. The predicted octanol–water partition coefficient (Wildman–Crippen LogP) is 1.88.